The van der Waals surface area contributed by atoms with Crippen LogP contribution in [0.25, 0.3) is 0 Å². The Morgan fingerprint density at radius 2 is 1.88 bits per heavy atom. The largest absolute Gasteiger partial charge is 0.513 e. The van der Waals surface area contributed by atoms with E-state index in [1.807, 2.05) is 12.1 Å². The van der Waals surface area contributed by atoms with Crippen molar-refractivity contribution < 1.29 is 19.0 Å². The van der Waals surface area contributed by atoms with Gasteiger partial charge >= 0.3 is 6.16 Å². The van der Waals surface area contributed by atoms with Gasteiger partial charge in [-0.2, -0.15) is 12.6 Å². The predicted octanol–water partition coefficient (Wildman–Crippen LogP) is 5.33. The highest BCUT2D eigenvalue weighted by molar-refractivity contribution is 7.79. The Kier molecular flexibility index (Phi) is 5.77. The van der Waals surface area contributed by atoms with Gasteiger partial charge in [0.1, 0.15) is 18.1 Å². The zero-order valence-corrected chi connectivity index (χ0v) is 16.3. The molecule has 0 heterocycles. The number of rotatable bonds is 6. The molecule has 0 bridgehead atoms. The van der Waals surface area contributed by atoms with Gasteiger partial charge in [-0.15, -0.1) is 0 Å². The summed E-state index contributed by atoms with van der Waals surface area (Å²) in [5.74, 6) is 2.48. The molecule has 1 fully saturated rings. The zero-order valence-electron chi connectivity index (χ0n) is 15.4. The lowest BCUT2D eigenvalue weighted by Crippen LogP contribution is -2.11. The summed E-state index contributed by atoms with van der Waals surface area (Å²) in [7, 11) is 1.29. The standard InChI is InChI=1S/C21H24O4S/c1-13-9-17(15-7-8-15)20(10-14(13)2)24-11-18-16(12-26)5-4-6-19(18)25-21(22)23-3/h4-6,9-10,15,26H,7-8,11-12H2,1-3H3. The minimum absolute atomic E-state index is 0.311. The summed E-state index contributed by atoms with van der Waals surface area (Å²) in [5, 5.41) is 0. The Hall–Kier alpha value is -2.14. The molecule has 1 aliphatic carbocycles. The summed E-state index contributed by atoms with van der Waals surface area (Å²) in [6.45, 7) is 4.53. The van der Waals surface area contributed by atoms with Crippen molar-refractivity contribution in [2.24, 2.45) is 0 Å². The first kappa shape index (κ1) is 18.6. The normalized spacial score (nSPS) is 13.4. The van der Waals surface area contributed by atoms with Crippen LogP contribution in [0.15, 0.2) is 30.3 Å². The van der Waals surface area contributed by atoms with E-state index in [2.05, 4.69) is 43.3 Å². The molecule has 2 aromatic rings. The lowest BCUT2D eigenvalue weighted by molar-refractivity contribution is 0.120. The average molecular weight is 372 g/mol. The van der Waals surface area contributed by atoms with Crippen LogP contribution >= 0.6 is 12.6 Å². The van der Waals surface area contributed by atoms with Gasteiger partial charge in [0.15, 0.2) is 0 Å². The van der Waals surface area contributed by atoms with Crippen molar-refractivity contribution in [1.82, 2.24) is 0 Å². The van der Waals surface area contributed by atoms with Crippen molar-refractivity contribution in [1.29, 1.82) is 0 Å². The summed E-state index contributed by atoms with van der Waals surface area (Å²) in [6.07, 6.45) is 1.68. The van der Waals surface area contributed by atoms with Gasteiger partial charge in [0.25, 0.3) is 0 Å². The van der Waals surface area contributed by atoms with Gasteiger partial charge in [-0.25, -0.2) is 4.79 Å². The molecule has 0 unspecified atom stereocenters. The Balaban J connectivity index is 1.88. The summed E-state index contributed by atoms with van der Waals surface area (Å²) in [6, 6.07) is 9.87. The number of methoxy groups -OCH3 is 1. The van der Waals surface area contributed by atoms with E-state index in [-0.39, 0.29) is 0 Å². The summed E-state index contributed by atoms with van der Waals surface area (Å²) in [5.41, 5.74) is 5.54. The van der Waals surface area contributed by atoms with Crippen LogP contribution < -0.4 is 9.47 Å². The number of benzene rings is 2. The van der Waals surface area contributed by atoms with Crippen LogP contribution in [0, 0.1) is 13.8 Å². The molecule has 0 aromatic heterocycles. The van der Waals surface area contributed by atoms with Crippen LogP contribution in [0.4, 0.5) is 4.79 Å². The lowest BCUT2D eigenvalue weighted by Gasteiger charge is -2.17. The van der Waals surface area contributed by atoms with Crippen LogP contribution in [0.5, 0.6) is 11.5 Å². The second kappa shape index (κ2) is 8.04. The molecule has 0 radical (unpaired) electrons. The highest BCUT2D eigenvalue weighted by atomic mass is 32.1. The second-order valence-corrected chi connectivity index (χ2v) is 6.96. The third kappa shape index (κ3) is 4.15. The monoisotopic (exact) mass is 372 g/mol. The molecule has 2 aromatic carbocycles. The number of carbonyl (C=O) groups excluding carboxylic acids is 1. The van der Waals surface area contributed by atoms with E-state index < -0.39 is 6.16 Å². The number of ether oxygens (including phenoxy) is 3. The van der Waals surface area contributed by atoms with Crippen molar-refractivity contribution in [2.45, 2.75) is 45.0 Å². The highest BCUT2D eigenvalue weighted by Gasteiger charge is 2.27. The zero-order chi connectivity index (χ0) is 18.7. The van der Waals surface area contributed by atoms with Crippen LogP contribution in [0.3, 0.4) is 0 Å². The van der Waals surface area contributed by atoms with Crippen LogP contribution in [0.1, 0.15) is 46.6 Å². The molecular weight excluding hydrogens is 348 g/mol. The van der Waals surface area contributed by atoms with Crippen molar-refractivity contribution >= 4 is 18.8 Å². The molecule has 1 aliphatic rings. The second-order valence-electron chi connectivity index (χ2n) is 6.65. The molecule has 4 nitrogen and oxygen atoms in total. The molecule has 0 atom stereocenters. The number of aryl methyl sites for hydroxylation is 2. The van der Waals surface area contributed by atoms with E-state index in [1.54, 1.807) is 6.07 Å². The smallest absolute Gasteiger partial charge is 0.488 e. The van der Waals surface area contributed by atoms with Gasteiger partial charge in [-0.3, -0.25) is 0 Å². The fourth-order valence-corrected chi connectivity index (χ4v) is 3.25. The molecule has 3 rings (SSSR count). The molecule has 1 saturated carbocycles. The maximum absolute atomic E-state index is 11.5. The third-order valence-electron chi connectivity index (χ3n) is 4.78. The first-order chi connectivity index (χ1) is 12.5. The van der Waals surface area contributed by atoms with Gasteiger partial charge in [-0.1, -0.05) is 18.2 Å². The van der Waals surface area contributed by atoms with Crippen LogP contribution in [-0.2, 0) is 17.1 Å². The van der Waals surface area contributed by atoms with E-state index in [9.17, 15) is 4.79 Å². The maximum atomic E-state index is 11.5. The highest BCUT2D eigenvalue weighted by Crippen LogP contribution is 2.45. The number of hydrogen-bond donors (Lipinski definition) is 1. The van der Waals surface area contributed by atoms with Gasteiger partial charge in [0, 0.05) is 11.3 Å². The molecule has 0 N–H and O–H groups in total. The Bertz CT molecular complexity index is 812. The van der Waals surface area contributed by atoms with E-state index in [0.717, 1.165) is 16.9 Å². The van der Waals surface area contributed by atoms with Gasteiger partial charge in [0.2, 0.25) is 0 Å². The Morgan fingerprint density at radius 3 is 2.54 bits per heavy atom. The molecule has 0 aliphatic heterocycles. The SMILES string of the molecule is COC(=O)Oc1cccc(CS)c1COc1cc(C)c(C)cc1C1CC1. The summed E-state index contributed by atoms with van der Waals surface area (Å²) in [4.78, 5) is 11.5. The summed E-state index contributed by atoms with van der Waals surface area (Å²) < 4.78 is 16.1. The first-order valence-corrected chi connectivity index (χ1v) is 9.38. The predicted molar refractivity (Wildman–Crippen MR) is 104 cm³/mol. The Morgan fingerprint density at radius 1 is 1.15 bits per heavy atom. The number of hydrogen-bond acceptors (Lipinski definition) is 5. The Labute approximate surface area is 159 Å². The molecule has 0 amide bonds. The molecule has 0 saturated heterocycles. The van der Waals surface area contributed by atoms with E-state index >= 15 is 0 Å². The molecule has 0 spiro atoms. The fraction of sp³-hybridized carbons (Fsp3) is 0.381. The minimum atomic E-state index is -0.743. The fourth-order valence-electron chi connectivity index (χ4n) is 2.95. The quantitative estimate of drug-likeness (QED) is 0.423. The average Bonchev–Trinajstić information content (AvgIpc) is 3.47. The van der Waals surface area contributed by atoms with Gasteiger partial charge in [-0.05, 0) is 67.0 Å². The molecule has 138 valence electrons. The van der Waals surface area contributed by atoms with Crippen molar-refractivity contribution in [2.75, 3.05) is 7.11 Å². The minimum Gasteiger partial charge on any atom is -0.488 e. The molecule has 26 heavy (non-hydrogen) atoms. The van der Waals surface area contributed by atoms with Gasteiger partial charge < -0.3 is 14.2 Å². The van der Waals surface area contributed by atoms with Crippen LogP contribution in [0.2, 0.25) is 0 Å². The van der Waals surface area contributed by atoms with Crippen LogP contribution in [-0.4, -0.2) is 13.3 Å². The number of carbonyl (C=O) groups is 1. The van der Waals surface area contributed by atoms with E-state index in [4.69, 9.17) is 9.47 Å². The van der Waals surface area contributed by atoms with Gasteiger partial charge in [0.05, 0.1) is 7.11 Å². The van der Waals surface area contributed by atoms with Crippen molar-refractivity contribution in [3.8, 4) is 11.5 Å². The molecular formula is C21H24O4S. The topological polar surface area (TPSA) is 44.8 Å². The first-order valence-electron chi connectivity index (χ1n) is 8.74. The van der Waals surface area contributed by atoms with Crippen molar-refractivity contribution in [3.05, 3.63) is 58.1 Å². The van der Waals surface area contributed by atoms with E-state index in [1.165, 1.54) is 36.6 Å². The lowest BCUT2D eigenvalue weighted by atomic mass is 10.0. The third-order valence-corrected chi connectivity index (χ3v) is 5.12. The maximum Gasteiger partial charge on any atom is 0.513 e. The molecule has 5 heteroatoms. The van der Waals surface area contributed by atoms with E-state index in [0.29, 0.717) is 24.0 Å². The summed E-state index contributed by atoms with van der Waals surface area (Å²) >= 11 is 4.39. The number of thiol groups is 1. The van der Waals surface area contributed by atoms with Crippen molar-refractivity contribution in [3.63, 3.8) is 0 Å².